The molecule has 0 saturated carbocycles. The van der Waals surface area contributed by atoms with E-state index in [-0.39, 0.29) is 5.91 Å². The molecule has 1 amide bonds. The maximum Gasteiger partial charge on any atom is 0.221 e. The highest BCUT2D eigenvalue weighted by Crippen LogP contribution is 2.08. The lowest BCUT2D eigenvalue weighted by Crippen LogP contribution is -2.31. The molecule has 0 heterocycles. The maximum absolute atomic E-state index is 11.3. The van der Waals surface area contributed by atoms with Crippen LogP contribution in [0.15, 0.2) is 36.5 Å². The SMILES string of the molecule is CCC=CCC=CCC=CCCCCCCCC(=O)NC(C)O. The van der Waals surface area contributed by atoms with Gasteiger partial charge >= 0.3 is 0 Å². The van der Waals surface area contributed by atoms with Gasteiger partial charge in [-0.25, -0.2) is 0 Å². The predicted octanol–water partition coefficient (Wildman–Crippen LogP) is 5.03. The molecule has 0 aliphatic carbocycles. The molecule has 1 atom stereocenters. The topological polar surface area (TPSA) is 49.3 Å². The van der Waals surface area contributed by atoms with E-state index < -0.39 is 6.23 Å². The van der Waals surface area contributed by atoms with E-state index in [9.17, 15) is 4.79 Å². The first kappa shape index (κ1) is 21.6. The van der Waals surface area contributed by atoms with Gasteiger partial charge in [-0.2, -0.15) is 0 Å². The highest BCUT2D eigenvalue weighted by molar-refractivity contribution is 5.75. The summed E-state index contributed by atoms with van der Waals surface area (Å²) in [6.45, 7) is 3.71. The van der Waals surface area contributed by atoms with Crippen molar-refractivity contribution in [3.05, 3.63) is 36.5 Å². The van der Waals surface area contributed by atoms with Crippen LogP contribution in [0, 0.1) is 0 Å². The molecule has 0 saturated heterocycles. The molecule has 1 unspecified atom stereocenters. The molecule has 0 aromatic rings. The molecular weight excluding hydrogens is 286 g/mol. The number of carbonyl (C=O) groups is 1. The first-order chi connectivity index (χ1) is 11.2. The van der Waals surface area contributed by atoms with Crippen molar-refractivity contribution in [3.63, 3.8) is 0 Å². The minimum atomic E-state index is -0.739. The van der Waals surface area contributed by atoms with E-state index >= 15 is 0 Å². The highest BCUT2D eigenvalue weighted by atomic mass is 16.3. The molecule has 0 aromatic heterocycles. The smallest absolute Gasteiger partial charge is 0.221 e. The summed E-state index contributed by atoms with van der Waals surface area (Å²) < 4.78 is 0. The molecule has 23 heavy (non-hydrogen) atoms. The number of unbranched alkanes of at least 4 members (excludes halogenated alkanes) is 5. The number of hydrogen-bond acceptors (Lipinski definition) is 2. The first-order valence-electron chi connectivity index (χ1n) is 9.09. The summed E-state index contributed by atoms with van der Waals surface area (Å²) in [6.07, 6.45) is 23.1. The van der Waals surface area contributed by atoms with Gasteiger partial charge in [0.15, 0.2) is 0 Å². The van der Waals surface area contributed by atoms with Gasteiger partial charge in [-0.3, -0.25) is 4.79 Å². The quantitative estimate of drug-likeness (QED) is 0.268. The second-order valence-electron chi connectivity index (χ2n) is 5.84. The van der Waals surface area contributed by atoms with Crippen molar-refractivity contribution in [1.82, 2.24) is 5.32 Å². The second kappa shape index (κ2) is 17.0. The Hall–Kier alpha value is -1.35. The standard InChI is InChI=1S/C20H35NO2/c1-3-4-5-6-7-8-9-10-11-12-13-14-15-16-17-18-20(23)21-19(2)22/h4-5,7-8,10-11,19,22H,3,6,9,12-18H2,1-2H3,(H,21,23). The predicted molar refractivity (Wildman–Crippen MR) is 99.1 cm³/mol. The van der Waals surface area contributed by atoms with Crippen LogP contribution >= 0.6 is 0 Å². The van der Waals surface area contributed by atoms with Crippen molar-refractivity contribution in [2.45, 2.75) is 84.3 Å². The highest BCUT2D eigenvalue weighted by Gasteiger charge is 2.02. The third-order valence-corrected chi connectivity index (χ3v) is 3.42. The zero-order valence-electron chi connectivity index (χ0n) is 15.0. The van der Waals surface area contributed by atoms with Crippen molar-refractivity contribution >= 4 is 5.91 Å². The zero-order valence-corrected chi connectivity index (χ0v) is 15.0. The molecular formula is C20H35NO2. The number of allylic oxidation sites excluding steroid dienone is 6. The van der Waals surface area contributed by atoms with E-state index in [2.05, 4.69) is 48.7 Å². The Morgan fingerprint density at radius 1 is 0.913 bits per heavy atom. The van der Waals surface area contributed by atoms with E-state index in [1.807, 2.05) is 0 Å². The minimum absolute atomic E-state index is 0.0545. The molecule has 0 rings (SSSR count). The van der Waals surface area contributed by atoms with Gasteiger partial charge in [-0.05, 0) is 45.4 Å². The summed E-state index contributed by atoms with van der Waals surface area (Å²) in [5.74, 6) is -0.0545. The first-order valence-corrected chi connectivity index (χ1v) is 9.09. The summed E-state index contributed by atoms with van der Waals surface area (Å²) in [7, 11) is 0. The summed E-state index contributed by atoms with van der Waals surface area (Å²) in [6, 6.07) is 0. The monoisotopic (exact) mass is 321 g/mol. The van der Waals surface area contributed by atoms with E-state index in [0.717, 1.165) is 38.5 Å². The van der Waals surface area contributed by atoms with Crippen LogP contribution in [0.3, 0.4) is 0 Å². The van der Waals surface area contributed by atoms with Crippen LogP contribution in [-0.2, 0) is 4.79 Å². The van der Waals surface area contributed by atoms with Crippen molar-refractivity contribution < 1.29 is 9.90 Å². The Kier molecular flexibility index (Phi) is 16.0. The number of aliphatic hydroxyl groups excluding tert-OH is 1. The maximum atomic E-state index is 11.3. The minimum Gasteiger partial charge on any atom is -0.374 e. The summed E-state index contributed by atoms with van der Waals surface area (Å²) in [4.78, 5) is 11.3. The average molecular weight is 322 g/mol. The van der Waals surface area contributed by atoms with Crippen LogP contribution in [0.4, 0.5) is 0 Å². The summed E-state index contributed by atoms with van der Waals surface area (Å²) in [5, 5.41) is 11.5. The second-order valence-corrected chi connectivity index (χ2v) is 5.84. The van der Waals surface area contributed by atoms with Crippen LogP contribution in [0.5, 0.6) is 0 Å². The van der Waals surface area contributed by atoms with Gasteiger partial charge in [-0.1, -0.05) is 62.6 Å². The molecule has 0 aliphatic heterocycles. The number of rotatable bonds is 14. The van der Waals surface area contributed by atoms with Crippen LogP contribution in [-0.4, -0.2) is 17.2 Å². The molecule has 3 heteroatoms. The number of carbonyl (C=O) groups excluding carboxylic acids is 1. The number of nitrogens with one attached hydrogen (secondary N) is 1. The Bertz CT molecular complexity index is 357. The Morgan fingerprint density at radius 2 is 1.48 bits per heavy atom. The lowest BCUT2D eigenvalue weighted by molar-refractivity contribution is -0.123. The summed E-state index contributed by atoms with van der Waals surface area (Å²) in [5.41, 5.74) is 0. The summed E-state index contributed by atoms with van der Waals surface area (Å²) >= 11 is 0. The molecule has 3 nitrogen and oxygen atoms in total. The molecule has 0 fully saturated rings. The average Bonchev–Trinajstić information content (AvgIpc) is 2.50. The van der Waals surface area contributed by atoms with Gasteiger partial charge in [0.2, 0.25) is 5.91 Å². The fourth-order valence-corrected chi connectivity index (χ4v) is 2.21. The van der Waals surface area contributed by atoms with Crippen molar-refractivity contribution in [3.8, 4) is 0 Å². The van der Waals surface area contributed by atoms with Crippen LogP contribution in [0.1, 0.15) is 78.1 Å². The Balaban J connectivity index is 3.31. The molecule has 0 aliphatic rings. The fraction of sp³-hybridized carbons (Fsp3) is 0.650. The van der Waals surface area contributed by atoms with Gasteiger partial charge in [0.05, 0.1) is 0 Å². The Labute approximate surface area is 142 Å². The van der Waals surface area contributed by atoms with Gasteiger partial charge in [0.1, 0.15) is 6.23 Å². The molecule has 0 aromatic carbocycles. The van der Waals surface area contributed by atoms with E-state index in [1.165, 1.54) is 19.3 Å². The van der Waals surface area contributed by atoms with Gasteiger partial charge in [0, 0.05) is 6.42 Å². The van der Waals surface area contributed by atoms with Crippen molar-refractivity contribution in [1.29, 1.82) is 0 Å². The van der Waals surface area contributed by atoms with Crippen LogP contribution in [0.2, 0.25) is 0 Å². The molecule has 2 N–H and O–H groups in total. The third kappa shape index (κ3) is 18.6. The van der Waals surface area contributed by atoms with Crippen molar-refractivity contribution in [2.24, 2.45) is 0 Å². The van der Waals surface area contributed by atoms with Gasteiger partial charge in [-0.15, -0.1) is 0 Å². The van der Waals surface area contributed by atoms with Crippen LogP contribution in [0.25, 0.3) is 0 Å². The fourth-order valence-electron chi connectivity index (χ4n) is 2.21. The van der Waals surface area contributed by atoms with Gasteiger partial charge in [0.25, 0.3) is 0 Å². The normalized spacial score (nSPS) is 13.3. The van der Waals surface area contributed by atoms with E-state index in [0.29, 0.717) is 6.42 Å². The zero-order chi connectivity index (χ0) is 17.2. The number of aliphatic hydroxyl groups is 1. The third-order valence-electron chi connectivity index (χ3n) is 3.42. The molecule has 0 spiro atoms. The molecule has 0 bridgehead atoms. The Morgan fingerprint density at radius 3 is 2.13 bits per heavy atom. The van der Waals surface area contributed by atoms with Crippen molar-refractivity contribution in [2.75, 3.05) is 0 Å². The number of amides is 1. The van der Waals surface area contributed by atoms with Gasteiger partial charge < -0.3 is 10.4 Å². The van der Waals surface area contributed by atoms with E-state index in [4.69, 9.17) is 5.11 Å². The largest absolute Gasteiger partial charge is 0.374 e. The molecule has 132 valence electrons. The lowest BCUT2D eigenvalue weighted by Gasteiger charge is -2.06. The van der Waals surface area contributed by atoms with Crippen LogP contribution < -0.4 is 5.32 Å². The number of hydrogen-bond donors (Lipinski definition) is 2. The lowest BCUT2D eigenvalue weighted by atomic mass is 10.1. The molecule has 0 radical (unpaired) electrons. The van der Waals surface area contributed by atoms with E-state index in [1.54, 1.807) is 6.92 Å².